The molecule has 0 bridgehead atoms. The Morgan fingerprint density at radius 3 is 3.06 bits per heavy atom. The highest BCUT2D eigenvalue weighted by Crippen LogP contribution is 2.20. The molecule has 2 amide bonds. The average molecular weight is 252 g/mol. The number of likely N-dealkylation sites (tertiary alicyclic amines) is 1. The molecule has 2 rings (SSSR count). The predicted octanol–water partition coefficient (Wildman–Crippen LogP) is 1.27. The van der Waals surface area contributed by atoms with Crippen molar-refractivity contribution in [2.45, 2.75) is 31.7 Å². The van der Waals surface area contributed by atoms with E-state index in [0.29, 0.717) is 12.2 Å². The highest BCUT2D eigenvalue weighted by atomic mass is 16.4. The number of hydrogen-bond donors (Lipinski definition) is 3. The summed E-state index contributed by atoms with van der Waals surface area (Å²) >= 11 is 0. The van der Waals surface area contributed by atoms with Crippen LogP contribution in [0.4, 0.5) is 10.5 Å². The molecule has 2 heterocycles. The maximum Gasteiger partial charge on any atom is 0.322 e. The summed E-state index contributed by atoms with van der Waals surface area (Å²) in [6, 6.07) is -0.481. The van der Waals surface area contributed by atoms with Crippen molar-refractivity contribution in [1.29, 1.82) is 0 Å². The van der Waals surface area contributed by atoms with Gasteiger partial charge >= 0.3 is 12.0 Å². The first-order valence-electron chi connectivity index (χ1n) is 5.95. The van der Waals surface area contributed by atoms with Gasteiger partial charge in [-0.1, -0.05) is 0 Å². The molecule has 1 unspecified atom stereocenters. The lowest BCUT2D eigenvalue weighted by atomic mass is 10.00. The van der Waals surface area contributed by atoms with Crippen LogP contribution in [0.1, 0.15) is 25.7 Å². The molecule has 18 heavy (non-hydrogen) atoms. The topological polar surface area (TPSA) is 98.3 Å². The summed E-state index contributed by atoms with van der Waals surface area (Å²) < 4.78 is 0. The molecule has 1 fully saturated rings. The molecule has 0 aliphatic carbocycles. The second-order valence-electron chi connectivity index (χ2n) is 4.36. The Kier molecular flexibility index (Phi) is 3.81. The number of rotatable bonds is 3. The van der Waals surface area contributed by atoms with E-state index >= 15 is 0 Å². The summed E-state index contributed by atoms with van der Waals surface area (Å²) in [5.74, 6) is -0.872. The van der Waals surface area contributed by atoms with Crippen molar-refractivity contribution in [1.82, 2.24) is 15.1 Å². The van der Waals surface area contributed by atoms with Crippen LogP contribution in [0.15, 0.2) is 12.4 Å². The fraction of sp³-hybridized carbons (Fsp3) is 0.545. The molecule has 1 saturated heterocycles. The number of carbonyl (C=O) groups is 2. The summed E-state index contributed by atoms with van der Waals surface area (Å²) in [6.07, 6.45) is 5.70. The first-order chi connectivity index (χ1) is 8.66. The zero-order valence-electron chi connectivity index (χ0n) is 9.93. The third-order valence-corrected chi connectivity index (χ3v) is 3.05. The van der Waals surface area contributed by atoms with Gasteiger partial charge in [0.1, 0.15) is 0 Å². The van der Waals surface area contributed by atoms with E-state index < -0.39 is 5.97 Å². The molecule has 7 heteroatoms. The molecule has 98 valence electrons. The van der Waals surface area contributed by atoms with Crippen LogP contribution in [0.3, 0.4) is 0 Å². The van der Waals surface area contributed by atoms with E-state index in [4.69, 9.17) is 5.11 Å². The van der Waals surface area contributed by atoms with Gasteiger partial charge in [-0.3, -0.25) is 9.89 Å². The van der Waals surface area contributed by atoms with E-state index in [2.05, 4.69) is 15.5 Å². The molecule has 7 nitrogen and oxygen atoms in total. The van der Waals surface area contributed by atoms with Gasteiger partial charge in [0.2, 0.25) is 0 Å². The number of anilines is 1. The molecule has 1 aliphatic rings. The second kappa shape index (κ2) is 5.52. The number of aromatic nitrogens is 2. The Labute approximate surface area is 104 Å². The molecule has 0 radical (unpaired) electrons. The minimum absolute atomic E-state index is 0.00118. The molecule has 1 aromatic rings. The number of piperidine rings is 1. The van der Waals surface area contributed by atoms with Crippen LogP contribution in [0.2, 0.25) is 0 Å². The lowest BCUT2D eigenvalue weighted by molar-refractivity contribution is -0.138. The zero-order chi connectivity index (χ0) is 13.0. The SMILES string of the molecule is O=C(O)CC1CCCCN1C(=O)Nc1cn[nH]c1. The fourth-order valence-corrected chi connectivity index (χ4v) is 2.20. The van der Waals surface area contributed by atoms with Gasteiger partial charge in [-0.2, -0.15) is 5.10 Å². The van der Waals surface area contributed by atoms with E-state index in [0.717, 1.165) is 19.3 Å². The molecule has 1 aromatic heterocycles. The maximum absolute atomic E-state index is 12.0. The van der Waals surface area contributed by atoms with Crippen LogP contribution < -0.4 is 5.32 Å². The summed E-state index contributed by atoms with van der Waals surface area (Å²) in [5, 5.41) is 17.9. The van der Waals surface area contributed by atoms with Crippen LogP contribution in [0, 0.1) is 0 Å². The molecular formula is C11H16N4O3. The van der Waals surface area contributed by atoms with Crippen molar-refractivity contribution in [2.24, 2.45) is 0 Å². The Hall–Kier alpha value is -2.05. The van der Waals surface area contributed by atoms with Crippen molar-refractivity contribution in [3.63, 3.8) is 0 Å². The van der Waals surface area contributed by atoms with Gasteiger partial charge in [-0.15, -0.1) is 0 Å². The van der Waals surface area contributed by atoms with Gasteiger partial charge in [-0.05, 0) is 19.3 Å². The first-order valence-corrected chi connectivity index (χ1v) is 5.95. The van der Waals surface area contributed by atoms with Gasteiger partial charge in [0.05, 0.1) is 18.3 Å². The smallest absolute Gasteiger partial charge is 0.322 e. The average Bonchev–Trinajstić information content (AvgIpc) is 2.81. The molecular weight excluding hydrogens is 236 g/mol. The Morgan fingerprint density at radius 1 is 1.56 bits per heavy atom. The number of aromatic amines is 1. The van der Waals surface area contributed by atoms with E-state index in [-0.39, 0.29) is 18.5 Å². The number of carboxylic acids is 1. The lowest BCUT2D eigenvalue weighted by Crippen LogP contribution is -2.46. The third kappa shape index (κ3) is 2.99. The molecule has 3 N–H and O–H groups in total. The minimum atomic E-state index is -0.872. The number of nitrogens with one attached hydrogen (secondary N) is 2. The largest absolute Gasteiger partial charge is 0.481 e. The summed E-state index contributed by atoms with van der Waals surface area (Å²) in [7, 11) is 0. The van der Waals surface area contributed by atoms with Crippen molar-refractivity contribution >= 4 is 17.7 Å². The normalized spacial score (nSPS) is 19.6. The number of H-pyrrole nitrogens is 1. The predicted molar refractivity (Wildman–Crippen MR) is 64.2 cm³/mol. The standard InChI is InChI=1S/C11H16N4O3/c16-10(17)5-9-3-1-2-4-15(9)11(18)14-8-6-12-13-7-8/h6-7,9H,1-5H2,(H,12,13)(H,14,18)(H,16,17). The molecule has 1 aliphatic heterocycles. The number of nitrogens with zero attached hydrogens (tertiary/aromatic N) is 2. The number of amides is 2. The number of hydrogen-bond acceptors (Lipinski definition) is 3. The molecule has 0 aromatic carbocycles. The van der Waals surface area contributed by atoms with Gasteiger partial charge in [0.15, 0.2) is 0 Å². The second-order valence-corrected chi connectivity index (χ2v) is 4.36. The minimum Gasteiger partial charge on any atom is -0.481 e. The van der Waals surface area contributed by atoms with Gasteiger partial charge in [0.25, 0.3) is 0 Å². The van der Waals surface area contributed by atoms with Gasteiger partial charge in [-0.25, -0.2) is 4.79 Å². The zero-order valence-corrected chi connectivity index (χ0v) is 9.93. The summed E-state index contributed by atoms with van der Waals surface area (Å²) in [5.41, 5.74) is 0.583. The van der Waals surface area contributed by atoms with E-state index in [1.807, 2.05) is 0 Å². The summed E-state index contributed by atoms with van der Waals surface area (Å²) in [4.78, 5) is 24.4. The van der Waals surface area contributed by atoms with Gasteiger partial charge < -0.3 is 15.3 Å². The van der Waals surface area contributed by atoms with E-state index in [1.165, 1.54) is 6.20 Å². The quantitative estimate of drug-likeness (QED) is 0.754. The first kappa shape index (κ1) is 12.4. The van der Waals surface area contributed by atoms with Crippen molar-refractivity contribution < 1.29 is 14.7 Å². The molecule has 1 atom stereocenters. The van der Waals surface area contributed by atoms with Crippen molar-refractivity contribution in [3.05, 3.63) is 12.4 Å². The number of aliphatic carboxylic acids is 1. The van der Waals surface area contributed by atoms with Gasteiger partial charge in [0, 0.05) is 18.8 Å². The highest BCUT2D eigenvalue weighted by molar-refractivity contribution is 5.89. The monoisotopic (exact) mass is 252 g/mol. The van der Waals surface area contributed by atoms with Crippen molar-refractivity contribution in [2.75, 3.05) is 11.9 Å². The Bertz CT molecular complexity index is 418. The van der Waals surface area contributed by atoms with Crippen LogP contribution in [0.5, 0.6) is 0 Å². The fourth-order valence-electron chi connectivity index (χ4n) is 2.20. The van der Waals surface area contributed by atoms with Crippen LogP contribution in [-0.2, 0) is 4.79 Å². The number of carbonyl (C=O) groups excluding carboxylic acids is 1. The van der Waals surface area contributed by atoms with Crippen LogP contribution in [-0.4, -0.2) is 44.8 Å². The number of carboxylic acid groups (broad SMARTS) is 1. The molecule has 0 spiro atoms. The molecule has 0 saturated carbocycles. The summed E-state index contributed by atoms with van der Waals surface area (Å²) in [6.45, 7) is 0.599. The highest BCUT2D eigenvalue weighted by Gasteiger charge is 2.28. The Morgan fingerprint density at radius 2 is 2.39 bits per heavy atom. The maximum atomic E-state index is 12.0. The number of urea groups is 1. The third-order valence-electron chi connectivity index (χ3n) is 3.05. The van der Waals surface area contributed by atoms with Crippen molar-refractivity contribution in [3.8, 4) is 0 Å². The lowest BCUT2D eigenvalue weighted by Gasteiger charge is -2.34. The Balaban J connectivity index is 1.99. The van der Waals surface area contributed by atoms with E-state index in [1.54, 1.807) is 11.1 Å². The van der Waals surface area contributed by atoms with E-state index in [9.17, 15) is 9.59 Å². The van der Waals surface area contributed by atoms with Crippen LogP contribution >= 0.6 is 0 Å². The van der Waals surface area contributed by atoms with Crippen LogP contribution in [0.25, 0.3) is 0 Å².